The molecule has 0 aliphatic heterocycles. The molecule has 0 aliphatic carbocycles. The third-order valence-electron chi connectivity index (χ3n) is 1.98. The van der Waals surface area contributed by atoms with Crippen molar-refractivity contribution in [3.63, 3.8) is 0 Å². The topological polar surface area (TPSA) is 41.6 Å². The number of halogens is 1. The molecule has 1 N–H and O–H groups in total. The van der Waals surface area contributed by atoms with Crippen LogP contribution in [-0.4, -0.2) is 15.2 Å². The van der Waals surface area contributed by atoms with Crippen molar-refractivity contribution in [2.24, 2.45) is 0 Å². The molecular formula is C10H10BrN3. The summed E-state index contributed by atoms with van der Waals surface area (Å²) in [6, 6.07) is 7.92. The molecule has 0 bridgehead atoms. The molecule has 0 radical (unpaired) electrons. The average Bonchev–Trinajstić information content (AvgIpc) is 2.67. The molecule has 0 fully saturated rings. The van der Waals surface area contributed by atoms with E-state index in [1.807, 2.05) is 31.2 Å². The Balaban J connectivity index is 2.44. The maximum absolute atomic E-state index is 4.36. The van der Waals surface area contributed by atoms with E-state index in [9.17, 15) is 0 Å². The molecule has 1 aromatic heterocycles. The van der Waals surface area contributed by atoms with Crippen molar-refractivity contribution < 1.29 is 0 Å². The second kappa shape index (κ2) is 3.92. The fourth-order valence-corrected chi connectivity index (χ4v) is 1.68. The number of nitrogens with one attached hydrogen (secondary N) is 1. The van der Waals surface area contributed by atoms with Crippen molar-refractivity contribution in [3.05, 3.63) is 34.6 Å². The van der Waals surface area contributed by atoms with Gasteiger partial charge in [0.25, 0.3) is 0 Å². The molecule has 14 heavy (non-hydrogen) atoms. The van der Waals surface area contributed by atoms with E-state index in [4.69, 9.17) is 0 Å². The number of aryl methyl sites for hydroxylation is 1. The third kappa shape index (κ3) is 1.70. The summed E-state index contributed by atoms with van der Waals surface area (Å²) in [7, 11) is 0. The molecule has 2 rings (SSSR count). The predicted octanol–water partition coefficient (Wildman–Crippen LogP) is 2.80. The van der Waals surface area contributed by atoms with Gasteiger partial charge in [-0.3, -0.25) is 5.10 Å². The van der Waals surface area contributed by atoms with Gasteiger partial charge >= 0.3 is 0 Å². The summed E-state index contributed by atoms with van der Waals surface area (Å²) in [4.78, 5) is 4.36. The number of aromatic nitrogens is 3. The van der Waals surface area contributed by atoms with Crippen LogP contribution in [0.5, 0.6) is 0 Å². The number of rotatable bonds is 2. The molecule has 0 aliphatic rings. The van der Waals surface area contributed by atoms with E-state index in [-0.39, 0.29) is 0 Å². The molecule has 1 aromatic carbocycles. The molecule has 0 saturated carbocycles. The Hall–Kier alpha value is -1.16. The van der Waals surface area contributed by atoms with Crippen molar-refractivity contribution in [1.29, 1.82) is 0 Å². The van der Waals surface area contributed by atoms with Crippen LogP contribution in [0.4, 0.5) is 0 Å². The number of hydrogen-bond donors (Lipinski definition) is 1. The Bertz CT molecular complexity index is 436. The van der Waals surface area contributed by atoms with Crippen LogP contribution < -0.4 is 0 Å². The smallest absolute Gasteiger partial charge is 0.182 e. The Morgan fingerprint density at radius 2 is 2.14 bits per heavy atom. The molecule has 2 aromatic rings. The Morgan fingerprint density at radius 3 is 2.79 bits per heavy atom. The lowest BCUT2D eigenvalue weighted by atomic mass is 10.2. The summed E-state index contributed by atoms with van der Waals surface area (Å²) in [5.74, 6) is 1.66. The summed E-state index contributed by atoms with van der Waals surface area (Å²) in [6.07, 6.45) is 0.872. The molecule has 1 heterocycles. The highest BCUT2D eigenvalue weighted by Gasteiger charge is 2.07. The molecule has 0 atom stereocenters. The van der Waals surface area contributed by atoms with Crippen LogP contribution >= 0.6 is 15.9 Å². The largest absolute Gasteiger partial charge is 0.263 e. The molecule has 4 heteroatoms. The van der Waals surface area contributed by atoms with E-state index in [0.717, 1.165) is 28.1 Å². The van der Waals surface area contributed by atoms with Crippen LogP contribution in [0.25, 0.3) is 11.4 Å². The van der Waals surface area contributed by atoms with Crippen LogP contribution in [-0.2, 0) is 6.42 Å². The highest BCUT2D eigenvalue weighted by molar-refractivity contribution is 9.10. The minimum absolute atomic E-state index is 0.745. The van der Waals surface area contributed by atoms with Crippen LogP contribution in [0, 0.1) is 0 Å². The molecule has 0 unspecified atom stereocenters. The minimum Gasteiger partial charge on any atom is -0.263 e. The second-order valence-electron chi connectivity index (χ2n) is 2.94. The van der Waals surface area contributed by atoms with Gasteiger partial charge in [0.05, 0.1) is 0 Å². The third-order valence-corrected chi connectivity index (χ3v) is 2.67. The highest BCUT2D eigenvalue weighted by atomic mass is 79.9. The molecule has 72 valence electrons. The maximum atomic E-state index is 4.36. The number of hydrogen-bond acceptors (Lipinski definition) is 2. The predicted molar refractivity (Wildman–Crippen MR) is 58.9 cm³/mol. The van der Waals surface area contributed by atoms with Gasteiger partial charge in [-0.15, -0.1) is 0 Å². The zero-order valence-electron chi connectivity index (χ0n) is 7.79. The van der Waals surface area contributed by atoms with Gasteiger partial charge in [0, 0.05) is 16.5 Å². The first-order valence-electron chi connectivity index (χ1n) is 4.47. The zero-order valence-corrected chi connectivity index (χ0v) is 9.37. The van der Waals surface area contributed by atoms with Crippen molar-refractivity contribution in [2.45, 2.75) is 13.3 Å². The van der Waals surface area contributed by atoms with Gasteiger partial charge in [-0.05, 0) is 12.1 Å². The van der Waals surface area contributed by atoms with Gasteiger partial charge in [0.2, 0.25) is 0 Å². The fraction of sp³-hybridized carbons (Fsp3) is 0.200. The lowest BCUT2D eigenvalue weighted by Gasteiger charge is -1.96. The van der Waals surface area contributed by atoms with Gasteiger partial charge < -0.3 is 0 Å². The number of H-pyrrole nitrogens is 1. The van der Waals surface area contributed by atoms with Gasteiger partial charge in [-0.1, -0.05) is 35.0 Å². The van der Waals surface area contributed by atoms with Crippen molar-refractivity contribution in [2.75, 3.05) is 0 Å². The second-order valence-corrected chi connectivity index (χ2v) is 3.79. The zero-order chi connectivity index (χ0) is 9.97. The standard InChI is InChI=1S/C10H10BrN3/c1-2-9-12-10(14-13-9)7-5-3-4-6-8(7)11/h3-6H,2H2,1H3,(H,12,13,14). The monoisotopic (exact) mass is 251 g/mol. The minimum atomic E-state index is 0.745. The molecular weight excluding hydrogens is 242 g/mol. The van der Waals surface area contributed by atoms with Gasteiger partial charge in [0.1, 0.15) is 5.82 Å². The Labute approximate surface area is 90.7 Å². The normalized spacial score (nSPS) is 10.4. The average molecular weight is 252 g/mol. The summed E-state index contributed by atoms with van der Waals surface area (Å²) >= 11 is 3.47. The SMILES string of the molecule is CCc1nc(-c2ccccc2Br)n[nH]1. The number of benzene rings is 1. The summed E-state index contributed by atoms with van der Waals surface area (Å²) in [5, 5.41) is 7.05. The van der Waals surface area contributed by atoms with Gasteiger partial charge in [-0.2, -0.15) is 5.10 Å². The van der Waals surface area contributed by atoms with Crippen molar-refractivity contribution >= 4 is 15.9 Å². The van der Waals surface area contributed by atoms with Gasteiger partial charge in [0.15, 0.2) is 5.82 Å². The van der Waals surface area contributed by atoms with Crippen LogP contribution in [0.3, 0.4) is 0 Å². The Kier molecular flexibility index (Phi) is 2.63. The quantitative estimate of drug-likeness (QED) is 0.892. The first kappa shape index (κ1) is 9.40. The van der Waals surface area contributed by atoms with E-state index in [1.54, 1.807) is 0 Å². The maximum Gasteiger partial charge on any atom is 0.182 e. The molecule has 0 spiro atoms. The number of nitrogens with zero attached hydrogens (tertiary/aromatic N) is 2. The first-order valence-corrected chi connectivity index (χ1v) is 5.26. The van der Waals surface area contributed by atoms with E-state index < -0.39 is 0 Å². The lowest BCUT2D eigenvalue weighted by molar-refractivity contribution is 0.946. The molecule has 0 saturated heterocycles. The highest BCUT2D eigenvalue weighted by Crippen LogP contribution is 2.24. The van der Waals surface area contributed by atoms with Crippen molar-refractivity contribution in [3.8, 4) is 11.4 Å². The molecule has 3 nitrogen and oxygen atoms in total. The van der Waals surface area contributed by atoms with E-state index in [2.05, 4.69) is 31.1 Å². The summed E-state index contributed by atoms with van der Waals surface area (Å²) in [5.41, 5.74) is 1.02. The van der Waals surface area contributed by atoms with E-state index in [0.29, 0.717) is 0 Å². The van der Waals surface area contributed by atoms with Gasteiger partial charge in [-0.25, -0.2) is 4.98 Å². The molecule has 0 amide bonds. The van der Waals surface area contributed by atoms with Crippen molar-refractivity contribution in [1.82, 2.24) is 15.2 Å². The fourth-order valence-electron chi connectivity index (χ4n) is 1.22. The number of aromatic amines is 1. The van der Waals surface area contributed by atoms with Crippen LogP contribution in [0.1, 0.15) is 12.7 Å². The summed E-state index contributed by atoms with van der Waals surface area (Å²) < 4.78 is 1.02. The lowest BCUT2D eigenvalue weighted by Crippen LogP contribution is -1.83. The Morgan fingerprint density at radius 1 is 1.36 bits per heavy atom. The van der Waals surface area contributed by atoms with E-state index >= 15 is 0 Å². The first-order chi connectivity index (χ1) is 6.81. The van der Waals surface area contributed by atoms with E-state index in [1.165, 1.54) is 0 Å². The summed E-state index contributed by atoms with van der Waals surface area (Å²) in [6.45, 7) is 2.05. The van der Waals surface area contributed by atoms with Crippen LogP contribution in [0.15, 0.2) is 28.7 Å². The van der Waals surface area contributed by atoms with Crippen LogP contribution in [0.2, 0.25) is 0 Å².